The van der Waals surface area contributed by atoms with E-state index in [9.17, 15) is 9.00 Å². The molecule has 0 aliphatic heterocycles. The zero-order chi connectivity index (χ0) is 17.2. The molecule has 1 aromatic carbocycles. The molecule has 0 aromatic heterocycles. The summed E-state index contributed by atoms with van der Waals surface area (Å²) in [6.07, 6.45) is 1.75. The molecular formula is C16H23ClO5S. The van der Waals surface area contributed by atoms with Gasteiger partial charge in [-0.15, -0.1) is 0 Å². The molecule has 23 heavy (non-hydrogen) atoms. The van der Waals surface area contributed by atoms with Crippen molar-refractivity contribution < 1.29 is 23.2 Å². The zero-order valence-corrected chi connectivity index (χ0v) is 15.2. The number of carbonyl (C=O) groups is 1. The molecule has 0 radical (unpaired) electrons. The van der Waals surface area contributed by atoms with Crippen LogP contribution in [-0.4, -0.2) is 42.5 Å². The van der Waals surface area contributed by atoms with E-state index in [1.165, 1.54) is 0 Å². The Balaban J connectivity index is 2.32. The van der Waals surface area contributed by atoms with Crippen LogP contribution in [0.2, 0.25) is 5.02 Å². The molecular weight excluding hydrogens is 340 g/mol. The summed E-state index contributed by atoms with van der Waals surface area (Å²) < 4.78 is 27.5. The lowest BCUT2D eigenvalue weighted by atomic mass is 10.1. The van der Waals surface area contributed by atoms with Crippen molar-refractivity contribution in [2.45, 2.75) is 43.5 Å². The molecule has 0 saturated heterocycles. The summed E-state index contributed by atoms with van der Waals surface area (Å²) in [5.74, 6) is -0.633. The van der Waals surface area contributed by atoms with Crippen LogP contribution in [0.3, 0.4) is 0 Å². The van der Waals surface area contributed by atoms with Crippen LogP contribution in [0.25, 0.3) is 0 Å². The van der Waals surface area contributed by atoms with Gasteiger partial charge in [0.05, 0.1) is 16.9 Å². The third kappa shape index (κ3) is 7.92. The molecule has 0 fully saturated rings. The second kappa shape index (κ2) is 10.8. The predicted molar refractivity (Wildman–Crippen MR) is 89.9 cm³/mol. The lowest BCUT2D eigenvalue weighted by Crippen LogP contribution is -2.21. The highest BCUT2D eigenvalue weighted by molar-refractivity contribution is 7.85. The molecule has 0 N–H and O–H groups in total. The van der Waals surface area contributed by atoms with Gasteiger partial charge in [0.2, 0.25) is 0 Å². The van der Waals surface area contributed by atoms with Gasteiger partial charge >= 0.3 is 5.97 Å². The van der Waals surface area contributed by atoms with E-state index in [0.29, 0.717) is 16.3 Å². The maximum Gasteiger partial charge on any atom is 0.319 e. The Bertz CT molecular complexity index is 502. The second-order valence-electron chi connectivity index (χ2n) is 5.08. The Hall–Kier alpha value is -0.950. The number of esters is 1. The first-order valence-corrected chi connectivity index (χ1v) is 9.05. The van der Waals surface area contributed by atoms with E-state index >= 15 is 0 Å². The smallest absolute Gasteiger partial charge is 0.319 e. The maximum absolute atomic E-state index is 12.1. The van der Waals surface area contributed by atoms with Crippen LogP contribution in [0.15, 0.2) is 29.2 Å². The van der Waals surface area contributed by atoms with Crippen LogP contribution < -0.4 is 0 Å². The van der Waals surface area contributed by atoms with Crippen LogP contribution in [0.4, 0.5) is 0 Å². The number of hydrogen-bond donors (Lipinski definition) is 0. The highest BCUT2D eigenvalue weighted by atomic mass is 35.5. The minimum absolute atomic E-state index is 0.162. The van der Waals surface area contributed by atoms with Gasteiger partial charge in [0.15, 0.2) is 6.29 Å². The SMILES string of the molecule is COC(CCC[C@@H](C)OC(=O)CS(=O)c1ccc(Cl)cc1)OC. The van der Waals surface area contributed by atoms with E-state index in [0.717, 1.165) is 12.8 Å². The molecule has 0 heterocycles. The van der Waals surface area contributed by atoms with Crippen LogP contribution in [0.5, 0.6) is 0 Å². The summed E-state index contributed by atoms with van der Waals surface area (Å²) >= 11 is 5.77. The molecule has 7 heteroatoms. The Morgan fingerprint density at radius 2 is 1.78 bits per heavy atom. The third-order valence-corrected chi connectivity index (χ3v) is 4.78. The van der Waals surface area contributed by atoms with Crippen molar-refractivity contribution in [3.63, 3.8) is 0 Å². The van der Waals surface area contributed by atoms with Gasteiger partial charge in [0.1, 0.15) is 5.75 Å². The van der Waals surface area contributed by atoms with Crippen molar-refractivity contribution in [2.75, 3.05) is 20.0 Å². The number of methoxy groups -OCH3 is 2. The van der Waals surface area contributed by atoms with Crippen molar-refractivity contribution in [3.8, 4) is 0 Å². The number of hydrogen-bond acceptors (Lipinski definition) is 5. The molecule has 130 valence electrons. The standard InChI is InChI=1S/C16H23ClO5S/c1-12(5-4-6-16(20-2)21-3)22-15(18)11-23(19)14-9-7-13(17)8-10-14/h7-10,12,16H,4-6,11H2,1-3H3/t12-,23?/m1/s1. The van der Waals surface area contributed by atoms with Gasteiger partial charge in [-0.05, 0) is 50.5 Å². The van der Waals surface area contributed by atoms with Gasteiger partial charge in [-0.25, -0.2) is 0 Å². The first kappa shape index (κ1) is 20.1. The van der Waals surface area contributed by atoms with Gasteiger partial charge in [-0.3, -0.25) is 9.00 Å². The van der Waals surface area contributed by atoms with E-state index in [1.807, 2.05) is 6.92 Å². The molecule has 5 nitrogen and oxygen atoms in total. The molecule has 1 unspecified atom stereocenters. The maximum atomic E-state index is 12.1. The molecule has 0 aliphatic carbocycles. The number of halogens is 1. The number of ether oxygens (including phenoxy) is 3. The van der Waals surface area contributed by atoms with Gasteiger partial charge in [0, 0.05) is 24.1 Å². The normalized spacial score (nSPS) is 13.8. The predicted octanol–water partition coefficient (Wildman–Crippen LogP) is 3.17. The highest BCUT2D eigenvalue weighted by Gasteiger charge is 2.15. The summed E-state index contributed by atoms with van der Waals surface area (Å²) in [5, 5.41) is 0.562. The van der Waals surface area contributed by atoms with Crippen molar-refractivity contribution in [2.24, 2.45) is 0 Å². The van der Waals surface area contributed by atoms with Crippen LogP contribution in [-0.2, 0) is 29.8 Å². The molecule has 0 aliphatic rings. The summed E-state index contributed by atoms with van der Waals surface area (Å²) in [4.78, 5) is 12.4. The monoisotopic (exact) mass is 362 g/mol. The zero-order valence-electron chi connectivity index (χ0n) is 13.6. The topological polar surface area (TPSA) is 61.8 Å². The summed E-state index contributed by atoms with van der Waals surface area (Å²) in [5.41, 5.74) is 0. The fraction of sp³-hybridized carbons (Fsp3) is 0.562. The molecule has 2 atom stereocenters. The number of benzene rings is 1. The first-order chi connectivity index (χ1) is 11.0. The molecule has 0 amide bonds. The van der Waals surface area contributed by atoms with Crippen molar-refractivity contribution in [1.82, 2.24) is 0 Å². The van der Waals surface area contributed by atoms with E-state index < -0.39 is 16.8 Å². The third-order valence-electron chi connectivity index (χ3n) is 3.23. The van der Waals surface area contributed by atoms with Crippen LogP contribution in [0, 0.1) is 0 Å². The fourth-order valence-electron chi connectivity index (χ4n) is 2.00. The summed E-state index contributed by atoms with van der Waals surface area (Å²) in [7, 11) is 1.75. The minimum Gasteiger partial charge on any atom is -0.462 e. The molecule has 1 rings (SSSR count). The van der Waals surface area contributed by atoms with Gasteiger partial charge in [-0.2, -0.15) is 0 Å². The Morgan fingerprint density at radius 3 is 2.35 bits per heavy atom. The fourth-order valence-corrected chi connectivity index (χ4v) is 3.01. The average Bonchev–Trinajstić information content (AvgIpc) is 2.52. The van der Waals surface area contributed by atoms with E-state index in [4.69, 9.17) is 25.8 Å². The van der Waals surface area contributed by atoms with E-state index in [1.54, 1.807) is 38.5 Å². The molecule has 0 saturated carbocycles. The molecule has 0 spiro atoms. The Morgan fingerprint density at radius 1 is 1.17 bits per heavy atom. The summed E-state index contributed by atoms with van der Waals surface area (Å²) in [6, 6.07) is 6.57. The number of rotatable bonds is 10. The molecule has 1 aromatic rings. The first-order valence-electron chi connectivity index (χ1n) is 7.35. The summed E-state index contributed by atoms with van der Waals surface area (Å²) in [6.45, 7) is 1.82. The lowest BCUT2D eigenvalue weighted by Gasteiger charge is -2.16. The highest BCUT2D eigenvalue weighted by Crippen LogP contribution is 2.14. The average molecular weight is 363 g/mol. The van der Waals surface area contributed by atoms with Crippen molar-refractivity contribution >= 4 is 28.4 Å². The molecule has 0 bridgehead atoms. The second-order valence-corrected chi connectivity index (χ2v) is 6.96. The van der Waals surface area contributed by atoms with E-state index in [-0.39, 0.29) is 18.1 Å². The minimum atomic E-state index is -1.43. The van der Waals surface area contributed by atoms with Gasteiger partial charge in [-0.1, -0.05) is 11.6 Å². The van der Waals surface area contributed by atoms with Crippen LogP contribution in [0.1, 0.15) is 26.2 Å². The van der Waals surface area contributed by atoms with Gasteiger partial charge < -0.3 is 14.2 Å². The van der Waals surface area contributed by atoms with Gasteiger partial charge in [0.25, 0.3) is 0 Å². The Labute approximate surface area is 144 Å². The lowest BCUT2D eigenvalue weighted by molar-refractivity contribution is -0.145. The van der Waals surface area contributed by atoms with Crippen molar-refractivity contribution in [3.05, 3.63) is 29.3 Å². The Kier molecular flexibility index (Phi) is 9.40. The van der Waals surface area contributed by atoms with E-state index in [2.05, 4.69) is 0 Å². The van der Waals surface area contributed by atoms with Crippen molar-refractivity contribution in [1.29, 1.82) is 0 Å². The largest absolute Gasteiger partial charge is 0.462 e. The quantitative estimate of drug-likeness (QED) is 0.472. The number of carbonyl (C=O) groups excluding carboxylic acids is 1. The van der Waals surface area contributed by atoms with Crippen LogP contribution >= 0.6 is 11.6 Å².